The highest BCUT2D eigenvalue weighted by atomic mass is 14.1. The third-order valence-corrected chi connectivity index (χ3v) is 4.17. The minimum atomic E-state index is 0.865. The van der Waals surface area contributed by atoms with E-state index in [1.54, 1.807) is 16.7 Å². The number of allylic oxidation sites excluding steroid dienone is 4. The van der Waals surface area contributed by atoms with Crippen LogP contribution in [0.4, 0.5) is 0 Å². The van der Waals surface area contributed by atoms with Crippen LogP contribution in [0.2, 0.25) is 0 Å². The lowest BCUT2D eigenvalue weighted by Crippen LogP contribution is -2.00. The Labute approximate surface area is 102 Å². The molecule has 0 aromatic carbocycles. The molecule has 0 saturated carbocycles. The van der Waals surface area contributed by atoms with Crippen LogP contribution in [0.15, 0.2) is 22.8 Å². The Morgan fingerprint density at radius 2 is 1.50 bits per heavy atom. The lowest BCUT2D eigenvalue weighted by molar-refractivity contribution is 0.552. The summed E-state index contributed by atoms with van der Waals surface area (Å²) in [6.07, 6.45) is 12.0. The van der Waals surface area contributed by atoms with Crippen molar-refractivity contribution >= 4 is 0 Å². The van der Waals surface area contributed by atoms with Gasteiger partial charge < -0.3 is 0 Å². The van der Waals surface area contributed by atoms with Crippen molar-refractivity contribution < 1.29 is 0 Å². The van der Waals surface area contributed by atoms with E-state index in [4.69, 9.17) is 0 Å². The molecule has 0 N–H and O–H groups in total. The number of hydrogen-bond acceptors (Lipinski definition) is 0. The average molecular weight is 220 g/mol. The van der Waals surface area contributed by atoms with Crippen LogP contribution >= 0.6 is 0 Å². The summed E-state index contributed by atoms with van der Waals surface area (Å²) >= 11 is 0. The Hall–Kier alpha value is -0.520. The monoisotopic (exact) mass is 220 g/mol. The summed E-state index contributed by atoms with van der Waals surface area (Å²) < 4.78 is 0. The molecule has 0 radical (unpaired) electrons. The summed E-state index contributed by atoms with van der Waals surface area (Å²) in [5.74, 6) is 0.865. The highest BCUT2D eigenvalue weighted by Crippen LogP contribution is 2.23. The molecule has 92 valence electrons. The molecule has 2 aliphatic carbocycles. The minimum absolute atomic E-state index is 0.865. The van der Waals surface area contributed by atoms with E-state index >= 15 is 0 Å². The smallest absolute Gasteiger partial charge is 0.0234 e. The van der Waals surface area contributed by atoms with Gasteiger partial charge in [-0.1, -0.05) is 29.7 Å². The van der Waals surface area contributed by atoms with E-state index in [0.717, 1.165) is 5.92 Å². The molecule has 0 nitrogen and oxygen atoms in total. The SMILES string of the molecule is CC1=C(C)CCCC1.CC1=CCCCC1C. The van der Waals surface area contributed by atoms with Gasteiger partial charge in [0.25, 0.3) is 0 Å². The molecule has 1 atom stereocenters. The van der Waals surface area contributed by atoms with E-state index < -0.39 is 0 Å². The molecule has 1 unspecified atom stereocenters. The first-order chi connectivity index (χ1) is 7.61. The zero-order valence-electron chi connectivity index (χ0n) is 11.6. The van der Waals surface area contributed by atoms with E-state index in [1.165, 1.54) is 44.9 Å². The van der Waals surface area contributed by atoms with Gasteiger partial charge in [-0.15, -0.1) is 0 Å². The van der Waals surface area contributed by atoms with Crippen molar-refractivity contribution in [2.75, 3.05) is 0 Å². The first kappa shape index (κ1) is 13.5. The van der Waals surface area contributed by atoms with Crippen molar-refractivity contribution in [3.05, 3.63) is 22.8 Å². The molecule has 0 heterocycles. The molecule has 0 aromatic heterocycles. The van der Waals surface area contributed by atoms with Crippen molar-refractivity contribution in [3.8, 4) is 0 Å². The Bertz CT molecular complexity index is 254. The average Bonchev–Trinajstić information content (AvgIpc) is 2.28. The largest absolute Gasteiger partial charge is 0.0853 e. The van der Waals surface area contributed by atoms with E-state index in [-0.39, 0.29) is 0 Å². The molecule has 2 aliphatic rings. The van der Waals surface area contributed by atoms with Gasteiger partial charge in [0.2, 0.25) is 0 Å². The second kappa shape index (κ2) is 6.93. The normalized spacial score (nSPS) is 25.8. The van der Waals surface area contributed by atoms with Gasteiger partial charge in [0.05, 0.1) is 0 Å². The van der Waals surface area contributed by atoms with Crippen molar-refractivity contribution in [3.63, 3.8) is 0 Å². The molecule has 0 spiro atoms. The van der Waals surface area contributed by atoms with Crippen molar-refractivity contribution in [1.82, 2.24) is 0 Å². The van der Waals surface area contributed by atoms with Crippen LogP contribution in [0.25, 0.3) is 0 Å². The van der Waals surface area contributed by atoms with Crippen molar-refractivity contribution in [1.29, 1.82) is 0 Å². The molecule has 16 heavy (non-hydrogen) atoms. The van der Waals surface area contributed by atoms with Gasteiger partial charge in [0.15, 0.2) is 0 Å². The van der Waals surface area contributed by atoms with Crippen LogP contribution in [0.5, 0.6) is 0 Å². The summed E-state index contributed by atoms with van der Waals surface area (Å²) in [6.45, 7) is 9.07. The maximum Gasteiger partial charge on any atom is -0.0234 e. The van der Waals surface area contributed by atoms with Gasteiger partial charge in [-0.3, -0.25) is 0 Å². The topological polar surface area (TPSA) is 0 Å². The first-order valence-corrected chi connectivity index (χ1v) is 6.93. The maximum absolute atomic E-state index is 2.37. The second-order valence-electron chi connectivity index (χ2n) is 5.55. The Balaban J connectivity index is 0.000000160. The van der Waals surface area contributed by atoms with Crippen LogP contribution in [0.1, 0.15) is 72.6 Å². The minimum Gasteiger partial charge on any atom is -0.0853 e. The third kappa shape index (κ3) is 4.55. The number of hydrogen-bond donors (Lipinski definition) is 0. The van der Waals surface area contributed by atoms with Crippen LogP contribution in [0.3, 0.4) is 0 Å². The highest BCUT2D eigenvalue weighted by Gasteiger charge is 2.06. The zero-order valence-corrected chi connectivity index (χ0v) is 11.6. The molecule has 0 heteroatoms. The van der Waals surface area contributed by atoms with E-state index in [2.05, 4.69) is 33.8 Å². The van der Waals surface area contributed by atoms with Crippen LogP contribution < -0.4 is 0 Å². The van der Waals surface area contributed by atoms with E-state index in [0.29, 0.717) is 0 Å². The number of rotatable bonds is 0. The molecule has 0 aliphatic heterocycles. The molecule has 0 fully saturated rings. The van der Waals surface area contributed by atoms with Gasteiger partial charge >= 0.3 is 0 Å². The molecule has 0 amide bonds. The van der Waals surface area contributed by atoms with Gasteiger partial charge in [-0.05, 0) is 71.6 Å². The highest BCUT2D eigenvalue weighted by molar-refractivity contribution is 5.11. The van der Waals surface area contributed by atoms with Crippen molar-refractivity contribution in [2.24, 2.45) is 5.92 Å². The lowest BCUT2D eigenvalue weighted by atomic mass is 9.91. The summed E-state index contributed by atoms with van der Waals surface area (Å²) in [5, 5.41) is 0. The summed E-state index contributed by atoms with van der Waals surface area (Å²) in [7, 11) is 0. The zero-order chi connectivity index (χ0) is 12.0. The fourth-order valence-electron chi connectivity index (χ4n) is 2.39. The van der Waals surface area contributed by atoms with Gasteiger partial charge in [-0.25, -0.2) is 0 Å². The third-order valence-electron chi connectivity index (χ3n) is 4.17. The second-order valence-corrected chi connectivity index (χ2v) is 5.55. The van der Waals surface area contributed by atoms with Crippen LogP contribution in [0, 0.1) is 5.92 Å². The van der Waals surface area contributed by atoms with Crippen LogP contribution in [-0.2, 0) is 0 Å². The van der Waals surface area contributed by atoms with Gasteiger partial charge in [0.1, 0.15) is 0 Å². The quantitative estimate of drug-likeness (QED) is 0.463. The molecular weight excluding hydrogens is 192 g/mol. The first-order valence-electron chi connectivity index (χ1n) is 6.93. The van der Waals surface area contributed by atoms with Crippen molar-refractivity contribution in [2.45, 2.75) is 72.6 Å². The summed E-state index contributed by atoms with van der Waals surface area (Å²) in [5.41, 5.74) is 4.86. The fourth-order valence-corrected chi connectivity index (χ4v) is 2.39. The van der Waals surface area contributed by atoms with Crippen LogP contribution in [-0.4, -0.2) is 0 Å². The molecular formula is C16H28. The van der Waals surface area contributed by atoms with E-state index in [9.17, 15) is 0 Å². The fraction of sp³-hybridized carbons (Fsp3) is 0.750. The van der Waals surface area contributed by atoms with Gasteiger partial charge in [0, 0.05) is 0 Å². The molecule has 2 rings (SSSR count). The predicted molar refractivity (Wildman–Crippen MR) is 73.6 cm³/mol. The Kier molecular flexibility index (Phi) is 5.87. The maximum atomic E-state index is 2.37. The Morgan fingerprint density at radius 3 is 1.81 bits per heavy atom. The molecule has 0 aromatic rings. The standard InChI is InChI=1S/2C8H14/c2*1-7-5-3-4-6-8(7)2/h3-6H2,1-2H3;5,8H,3-4,6H2,1-2H3. The summed E-state index contributed by atoms with van der Waals surface area (Å²) in [6, 6.07) is 0. The Morgan fingerprint density at radius 1 is 0.938 bits per heavy atom. The predicted octanol–water partition coefficient (Wildman–Crippen LogP) is 5.65. The van der Waals surface area contributed by atoms with Gasteiger partial charge in [-0.2, -0.15) is 0 Å². The van der Waals surface area contributed by atoms with E-state index in [1.807, 2.05) is 0 Å². The molecule has 0 bridgehead atoms. The lowest BCUT2D eigenvalue weighted by Gasteiger charge is -2.15. The summed E-state index contributed by atoms with van der Waals surface area (Å²) in [4.78, 5) is 0. The molecule has 0 saturated heterocycles.